The van der Waals surface area contributed by atoms with Gasteiger partial charge in [0.1, 0.15) is 5.69 Å². The SMILES string of the molecule is O=C(NCC1(O)CCCCCC1)c1cc(Cl)cn1C1CC1. The summed E-state index contributed by atoms with van der Waals surface area (Å²) in [4.78, 5) is 12.4. The molecule has 2 N–H and O–H groups in total. The third-order valence-corrected chi connectivity index (χ3v) is 4.81. The first-order valence-corrected chi connectivity index (χ1v) is 8.33. The van der Waals surface area contributed by atoms with Gasteiger partial charge in [0.05, 0.1) is 10.6 Å². The van der Waals surface area contributed by atoms with Gasteiger partial charge in [-0.3, -0.25) is 4.79 Å². The maximum absolute atomic E-state index is 12.4. The minimum absolute atomic E-state index is 0.133. The van der Waals surface area contributed by atoms with E-state index in [9.17, 15) is 9.90 Å². The van der Waals surface area contributed by atoms with Gasteiger partial charge in [0, 0.05) is 18.8 Å². The molecule has 5 heteroatoms. The summed E-state index contributed by atoms with van der Waals surface area (Å²) in [5, 5.41) is 14.1. The van der Waals surface area contributed by atoms with Crippen LogP contribution in [0.3, 0.4) is 0 Å². The first kappa shape index (κ1) is 14.9. The Balaban J connectivity index is 1.63. The Morgan fingerprint density at radius 2 is 2.00 bits per heavy atom. The number of hydrogen-bond acceptors (Lipinski definition) is 2. The fourth-order valence-corrected chi connectivity index (χ4v) is 3.39. The number of nitrogens with one attached hydrogen (secondary N) is 1. The average Bonchev–Trinajstić information content (AvgIpc) is 3.25. The minimum atomic E-state index is -0.743. The molecule has 2 aliphatic carbocycles. The van der Waals surface area contributed by atoms with Crippen LogP contribution in [0.5, 0.6) is 0 Å². The molecule has 21 heavy (non-hydrogen) atoms. The van der Waals surface area contributed by atoms with Gasteiger partial charge in [-0.1, -0.05) is 37.3 Å². The Morgan fingerprint density at radius 1 is 1.33 bits per heavy atom. The number of hydrogen-bond donors (Lipinski definition) is 2. The van der Waals surface area contributed by atoms with E-state index in [2.05, 4.69) is 5.32 Å². The maximum atomic E-state index is 12.4. The van der Waals surface area contributed by atoms with E-state index in [1.54, 1.807) is 6.07 Å². The second kappa shape index (κ2) is 6.01. The lowest BCUT2D eigenvalue weighted by atomic mass is 9.94. The molecule has 0 atom stereocenters. The molecule has 1 amide bonds. The molecule has 2 aliphatic rings. The summed E-state index contributed by atoms with van der Waals surface area (Å²) in [5.74, 6) is -0.133. The summed E-state index contributed by atoms with van der Waals surface area (Å²) >= 11 is 6.03. The lowest BCUT2D eigenvalue weighted by Crippen LogP contribution is -2.43. The molecule has 0 bridgehead atoms. The van der Waals surface area contributed by atoms with E-state index < -0.39 is 5.60 Å². The Kier molecular flexibility index (Phi) is 4.27. The molecule has 1 heterocycles. The zero-order valence-electron chi connectivity index (χ0n) is 12.3. The highest BCUT2D eigenvalue weighted by Crippen LogP contribution is 2.37. The lowest BCUT2D eigenvalue weighted by Gasteiger charge is -2.26. The summed E-state index contributed by atoms with van der Waals surface area (Å²) in [6.45, 7) is 0.333. The van der Waals surface area contributed by atoms with Crippen LogP contribution < -0.4 is 5.32 Å². The van der Waals surface area contributed by atoms with Crippen molar-refractivity contribution in [3.05, 3.63) is 23.0 Å². The van der Waals surface area contributed by atoms with Crippen LogP contribution in [0.25, 0.3) is 0 Å². The normalized spacial score (nSPS) is 21.8. The molecule has 0 saturated heterocycles. The smallest absolute Gasteiger partial charge is 0.268 e. The topological polar surface area (TPSA) is 54.3 Å². The Bertz CT molecular complexity index is 514. The summed E-state index contributed by atoms with van der Waals surface area (Å²) < 4.78 is 1.97. The van der Waals surface area contributed by atoms with Crippen molar-refractivity contribution in [3.63, 3.8) is 0 Å². The van der Waals surface area contributed by atoms with Gasteiger partial charge < -0.3 is 15.0 Å². The standard InChI is InChI=1S/C16H23ClN2O2/c17-12-9-14(19(10-12)13-5-6-13)15(20)18-11-16(21)7-3-1-2-4-8-16/h9-10,13,21H,1-8,11H2,(H,18,20). The number of rotatable bonds is 4. The first-order chi connectivity index (χ1) is 10.1. The van der Waals surface area contributed by atoms with Crippen molar-refractivity contribution in [1.82, 2.24) is 9.88 Å². The van der Waals surface area contributed by atoms with Crippen LogP contribution in [0.15, 0.2) is 12.3 Å². The van der Waals surface area contributed by atoms with Gasteiger partial charge in [-0.15, -0.1) is 0 Å². The highest BCUT2D eigenvalue weighted by Gasteiger charge is 2.31. The second-order valence-corrected chi connectivity index (χ2v) is 6.94. The van der Waals surface area contributed by atoms with Crippen LogP contribution in [-0.2, 0) is 0 Å². The van der Waals surface area contributed by atoms with E-state index in [0.29, 0.717) is 23.3 Å². The molecule has 2 fully saturated rings. The van der Waals surface area contributed by atoms with Crippen molar-refractivity contribution in [2.45, 2.75) is 63.0 Å². The molecule has 2 saturated carbocycles. The highest BCUT2D eigenvalue weighted by atomic mass is 35.5. The van der Waals surface area contributed by atoms with Crippen LogP contribution >= 0.6 is 11.6 Å². The van der Waals surface area contributed by atoms with Crippen LogP contribution in [0.2, 0.25) is 5.02 Å². The van der Waals surface area contributed by atoms with Gasteiger partial charge in [0.2, 0.25) is 0 Å². The molecule has 1 aromatic heterocycles. The summed E-state index contributed by atoms with van der Waals surface area (Å²) in [6, 6.07) is 2.13. The molecular formula is C16H23ClN2O2. The average molecular weight is 311 g/mol. The number of amides is 1. The lowest BCUT2D eigenvalue weighted by molar-refractivity contribution is 0.0245. The molecule has 1 aromatic rings. The van der Waals surface area contributed by atoms with Gasteiger partial charge in [-0.25, -0.2) is 0 Å². The molecular weight excluding hydrogens is 288 g/mol. The quantitative estimate of drug-likeness (QED) is 0.838. The van der Waals surface area contributed by atoms with Gasteiger partial charge in [-0.05, 0) is 31.7 Å². The third kappa shape index (κ3) is 3.61. The van der Waals surface area contributed by atoms with E-state index in [4.69, 9.17) is 11.6 Å². The molecule has 4 nitrogen and oxygen atoms in total. The van der Waals surface area contributed by atoms with E-state index in [0.717, 1.165) is 38.5 Å². The fraction of sp³-hybridized carbons (Fsp3) is 0.688. The molecule has 0 radical (unpaired) electrons. The van der Waals surface area contributed by atoms with Gasteiger partial charge in [0.15, 0.2) is 0 Å². The minimum Gasteiger partial charge on any atom is -0.388 e. The number of aliphatic hydroxyl groups is 1. The van der Waals surface area contributed by atoms with Crippen molar-refractivity contribution in [3.8, 4) is 0 Å². The summed E-state index contributed by atoms with van der Waals surface area (Å²) in [6.07, 6.45) is 10.0. The fourth-order valence-electron chi connectivity index (χ4n) is 3.18. The number of carbonyl (C=O) groups is 1. The summed E-state index contributed by atoms with van der Waals surface area (Å²) in [7, 11) is 0. The third-order valence-electron chi connectivity index (χ3n) is 4.60. The summed E-state index contributed by atoms with van der Waals surface area (Å²) in [5.41, 5.74) is -0.132. The maximum Gasteiger partial charge on any atom is 0.268 e. The van der Waals surface area contributed by atoms with E-state index in [1.807, 2.05) is 10.8 Å². The van der Waals surface area contributed by atoms with E-state index in [-0.39, 0.29) is 5.91 Å². The van der Waals surface area contributed by atoms with Crippen molar-refractivity contribution >= 4 is 17.5 Å². The predicted octanol–water partition coefficient (Wildman–Crippen LogP) is 3.29. The van der Waals surface area contributed by atoms with Gasteiger partial charge in [0.25, 0.3) is 5.91 Å². The predicted molar refractivity (Wildman–Crippen MR) is 82.7 cm³/mol. The van der Waals surface area contributed by atoms with Crippen molar-refractivity contribution in [2.24, 2.45) is 0 Å². The van der Waals surface area contributed by atoms with Crippen LogP contribution in [-0.4, -0.2) is 27.7 Å². The van der Waals surface area contributed by atoms with Crippen LogP contribution in [0.4, 0.5) is 0 Å². The molecule has 0 aliphatic heterocycles. The number of aromatic nitrogens is 1. The monoisotopic (exact) mass is 310 g/mol. The number of nitrogens with zero attached hydrogens (tertiary/aromatic N) is 1. The van der Waals surface area contributed by atoms with Crippen molar-refractivity contribution in [1.29, 1.82) is 0 Å². The van der Waals surface area contributed by atoms with Crippen molar-refractivity contribution < 1.29 is 9.90 Å². The van der Waals surface area contributed by atoms with Crippen LogP contribution in [0.1, 0.15) is 67.9 Å². The molecule has 116 valence electrons. The molecule has 0 unspecified atom stereocenters. The highest BCUT2D eigenvalue weighted by molar-refractivity contribution is 6.31. The van der Waals surface area contributed by atoms with Gasteiger partial charge >= 0.3 is 0 Å². The largest absolute Gasteiger partial charge is 0.388 e. The molecule has 3 rings (SSSR count). The zero-order valence-corrected chi connectivity index (χ0v) is 13.0. The molecule has 0 aromatic carbocycles. The molecule has 0 spiro atoms. The Hall–Kier alpha value is -1.00. The second-order valence-electron chi connectivity index (χ2n) is 6.50. The number of carbonyl (C=O) groups excluding carboxylic acids is 1. The zero-order chi connectivity index (χ0) is 14.9. The van der Waals surface area contributed by atoms with E-state index >= 15 is 0 Å². The Morgan fingerprint density at radius 3 is 2.62 bits per heavy atom. The van der Waals surface area contributed by atoms with Crippen LogP contribution in [0, 0.1) is 0 Å². The van der Waals surface area contributed by atoms with E-state index in [1.165, 1.54) is 12.8 Å². The number of halogens is 1. The van der Waals surface area contributed by atoms with Gasteiger partial charge in [-0.2, -0.15) is 0 Å². The van der Waals surface area contributed by atoms with Crippen molar-refractivity contribution in [2.75, 3.05) is 6.54 Å². The first-order valence-electron chi connectivity index (χ1n) is 7.95. The Labute approximate surface area is 130 Å².